The van der Waals surface area contributed by atoms with Gasteiger partial charge in [0.1, 0.15) is 30.6 Å². The van der Waals surface area contributed by atoms with E-state index in [0.29, 0.717) is 39.3 Å². The van der Waals surface area contributed by atoms with Gasteiger partial charge in [0.25, 0.3) is 0 Å². The molecule has 3 aromatic carbocycles. The van der Waals surface area contributed by atoms with Crippen molar-refractivity contribution >= 4 is 61.9 Å². The van der Waals surface area contributed by atoms with E-state index in [1.165, 1.54) is 17.3 Å². The monoisotopic (exact) mass is 678 g/mol. The molecule has 0 spiro atoms. The smallest absolute Gasteiger partial charge is 0.232 e. The second kappa shape index (κ2) is 14.3. The lowest BCUT2D eigenvalue weighted by Gasteiger charge is -2.37. The summed E-state index contributed by atoms with van der Waals surface area (Å²) in [5.41, 5.74) is 1.63. The highest BCUT2D eigenvalue weighted by Crippen LogP contribution is 2.33. The normalized spacial score (nSPS) is 15.2. The van der Waals surface area contributed by atoms with Crippen molar-refractivity contribution in [1.29, 1.82) is 0 Å². The second-order valence-electron chi connectivity index (χ2n) is 10.5. The fourth-order valence-electron chi connectivity index (χ4n) is 5.05. The Balaban J connectivity index is 1.17. The molecule has 44 heavy (non-hydrogen) atoms. The Bertz CT molecular complexity index is 1620. The number of hydrogen-bond acceptors (Lipinski definition) is 8. The van der Waals surface area contributed by atoms with Crippen molar-refractivity contribution < 1.29 is 18.3 Å². The number of halogens is 3. The Kier molecular flexibility index (Phi) is 10.4. The third-order valence-corrected chi connectivity index (χ3v) is 9.52. The number of hydrogen-bond donors (Lipinski definition) is 2. The summed E-state index contributed by atoms with van der Waals surface area (Å²) >= 11 is 18.2. The van der Waals surface area contributed by atoms with Crippen molar-refractivity contribution in [3.63, 3.8) is 0 Å². The number of anilines is 3. The minimum atomic E-state index is -3.41. The zero-order chi connectivity index (χ0) is 31.2. The van der Waals surface area contributed by atoms with Gasteiger partial charge in [-0.2, -0.15) is 5.10 Å². The zero-order valence-corrected chi connectivity index (χ0v) is 26.9. The van der Waals surface area contributed by atoms with Crippen LogP contribution in [0.4, 0.5) is 17.1 Å². The van der Waals surface area contributed by atoms with Gasteiger partial charge in [-0.3, -0.25) is 4.72 Å². The van der Waals surface area contributed by atoms with E-state index in [1.54, 1.807) is 30.3 Å². The Labute approximate surface area is 272 Å². The molecule has 1 aliphatic rings. The lowest BCUT2D eigenvalue weighted by molar-refractivity contribution is -0.0269. The summed E-state index contributed by atoms with van der Waals surface area (Å²) in [6.45, 7) is 3.29. The van der Waals surface area contributed by atoms with Crippen molar-refractivity contribution in [2.24, 2.45) is 0 Å². The van der Waals surface area contributed by atoms with E-state index >= 15 is 0 Å². The average Bonchev–Trinajstić information content (AvgIpc) is 3.52. The summed E-state index contributed by atoms with van der Waals surface area (Å²) in [4.78, 5) is 8.54. The molecule has 2 N–H and O–H groups in total. The van der Waals surface area contributed by atoms with Crippen molar-refractivity contribution in [3.8, 4) is 5.75 Å². The molecule has 1 fully saturated rings. The van der Waals surface area contributed by atoms with Gasteiger partial charge in [-0.1, -0.05) is 29.3 Å². The van der Waals surface area contributed by atoms with Crippen LogP contribution in [-0.4, -0.2) is 72.7 Å². The van der Waals surface area contributed by atoms with Crippen LogP contribution in [0.1, 0.15) is 12.0 Å². The van der Waals surface area contributed by atoms with Crippen LogP contribution in [0.2, 0.25) is 10.0 Å². The van der Waals surface area contributed by atoms with Crippen molar-refractivity contribution in [3.05, 3.63) is 95.0 Å². The third-order valence-electron chi connectivity index (χ3n) is 7.33. The first-order valence-electron chi connectivity index (χ1n) is 14.0. The molecule has 2 heterocycles. The fraction of sp³-hybridized carbons (Fsp3) is 0.333. The van der Waals surface area contributed by atoms with Crippen LogP contribution in [0.5, 0.6) is 5.75 Å². The molecule has 0 bridgehead atoms. The van der Waals surface area contributed by atoms with Crippen LogP contribution in [0.3, 0.4) is 0 Å². The minimum absolute atomic E-state index is 0.00217. The van der Waals surface area contributed by atoms with Gasteiger partial charge in [-0.15, -0.1) is 11.6 Å². The summed E-state index contributed by atoms with van der Waals surface area (Å²) in [6, 6.07) is 20.2. The number of nitrogens with zero attached hydrogens (tertiary/aromatic N) is 5. The van der Waals surface area contributed by atoms with E-state index in [-0.39, 0.29) is 18.9 Å². The molecular formula is C30H33Cl3N6O4S. The van der Waals surface area contributed by atoms with Crippen LogP contribution in [0.15, 0.2) is 79.4 Å². The number of rotatable bonds is 13. The summed E-state index contributed by atoms with van der Waals surface area (Å²) < 4.78 is 34.5. The number of alkyl halides is 1. The molecule has 10 nitrogen and oxygen atoms in total. The maximum Gasteiger partial charge on any atom is 0.232 e. The van der Waals surface area contributed by atoms with E-state index in [9.17, 15) is 13.5 Å². The van der Waals surface area contributed by atoms with Gasteiger partial charge in [0, 0.05) is 64.7 Å². The third kappa shape index (κ3) is 8.28. The van der Waals surface area contributed by atoms with Crippen LogP contribution < -0.4 is 19.3 Å². The van der Waals surface area contributed by atoms with Gasteiger partial charge < -0.3 is 19.6 Å². The minimum Gasteiger partial charge on any atom is -0.490 e. The molecule has 5 rings (SSSR count). The Morgan fingerprint density at radius 2 is 1.57 bits per heavy atom. The van der Waals surface area contributed by atoms with Crippen LogP contribution in [0, 0.1) is 0 Å². The van der Waals surface area contributed by atoms with E-state index in [1.807, 2.05) is 36.4 Å². The fourth-order valence-corrected chi connectivity index (χ4v) is 7.05. The molecule has 1 unspecified atom stereocenters. The number of aromatic nitrogens is 3. The number of aliphatic hydroxyl groups is 1. The highest BCUT2D eigenvalue weighted by atomic mass is 35.5. The summed E-state index contributed by atoms with van der Waals surface area (Å²) in [7, 11) is -3.41. The van der Waals surface area contributed by atoms with Gasteiger partial charge in [0.05, 0.1) is 12.3 Å². The molecule has 1 aromatic heterocycles. The first-order valence-corrected chi connectivity index (χ1v) is 17.0. The summed E-state index contributed by atoms with van der Waals surface area (Å²) in [6.07, 6.45) is 3.33. The Morgan fingerprint density at radius 3 is 2.14 bits per heavy atom. The predicted octanol–water partition coefficient (Wildman–Crippen LogP) is 5.25. The highest BCUT2D eigenvalue weighted by Gasteiger charge is 2.34. The van der Waals surface area contributed by atoms with E-state index in [2.05, 4.69) is 24.6 Å². The predicted molar refractivity (Wildman–Crippen MR) is 176 cm³/mol. The number of ether oxygens (including phenoxy) is 1. The molecule has 1 saturated heterocycles. The molecule has 0 radical (unpaired) electrons. The SMILES string of the molecule is O=S(=O)(CCCCl)Nc1ccc(N2CCN(c3ccc(OCC(O)(Cn4cncn4)c4ccc(Cl)cc4Cl)cc3)CC2)cc1. The maximum absolute atomic E-state index is 12.1. The standard InChI is InChI=1S/C30H33Cl3N6O4S/c31-12-1-17-44(41,42)36-24-3-5-25(6-4-24)37-13-15-38(16-14-37)26-7-9-27(10-8-26)43-20-30(40,19-39-22-34-21-35-39)28-11-2-23(32)18-29(28)33/h2-11,18,21-22,36,40H,1,12-17,19-20H2. The van der Waals surface area contributed by atoms with E-state index < -0.39 is 15.6 Å². The lowest BCUT2D eigenvalue weighted by atomic mass is 9.94. The van der Waals surface area contributed by atoms with Gasteiger partial charge in [0.2, 0.25) is 10.0 Å². The van der Waals surface area contributed by atoms with Gasteiger partial charge >= 0.3 is 0 Å². The average molecular weight is 680 g/mol. The Hall–Kier alpha value is -3.22. The zero-order valence-electron chi connectivity index (χ0n) is 23.8. The summed E-state index contributed by atoms with van der Waals surface area (Å²) in [5.74, 6) is 0.908. The molecule has 0 amide bonds. The lowest BCUT2D eigenvalue weighted by Crippen LogP contribution is -2.46. The molecule has 1 atom stereocenters. The maximum atomic E-state index is 12.1. The first-order chi connectivity index (χ1) is 21.1. The molecular weight excluding hydrogens is 647 g/mol. The van der Waals surface area contributed by atoms with Crippen molar-refractivity contribution in [1.82, 2.24) is 14.8 Å². The van der Waals surface area contributed by atoms with Crippen molar-refractivity contribution in [2.75, 3.05) is 58.9 Å². The molecule has 4 aromatic rings. The topological polar surface area (TPSA) is 113 Å². The van der Waals surface area contributed by atoms with Gasteiger partial charge in [-0.05, 0) is 67.1 Å². The number of sulfonamides is 1. The van der Waals surface area contributed by atoms with Crippen LogP contribution >= 0.6 is 34.8 Å². The first kappa shape index (κ1) is 32.2. The van der Waals surface area contributed by atoms with Crippen LogP contribution in [0.25, 0.3) is 0 Å². The van der Waals surface area contributed by atoms with E-state index in [0.717, 1.165) is 37.6 Å². The van der Waals surface area contributed by atoms with Crippen LogP contribution in [-0.2, 0) is 22.2 Å². The van der Waals surface area contributed by atoms with Gasteiger partial charge in [-0.25, -0.2) is 18.1 Å². The quantitative estimate of drug-likeness (QED) is 0.185. The molecule has 14 heteroatoms. The van der Waals surface area contributed by atoms with Gasteiger partial charge in [0.15, 0.2) is 0 Å². The van der Waals surface area contributed by atoms with Crippen molar-refractivity contribution in [2.45, 2.75) is 18.6 Å². The second-order valence-corrected chi connectivity index (χ2v) is 13.6. The largest absolute Gasteiger partial charge is 0.490 e. The van der Waals surface area contributed by atoms with E-state index in [4.69, 9.17) is 39.5 Å². The highest BCUT2D eigenvalue weighted by molar-refractivity contribution is 7.92. The molecule has 234 valence electrons. The molecule has 0 aliphatic carbocycles. The molecule has 1 aliphatic heterocycles. The summed E-state index contributed by atoms with van der Waals surface area (Å²) in [5, 5.41) is 16.6. The number of nitrogens with one attached hydrogen (secondary N) is 1. The Morgan fingerprint density at radius 1 is 0.932 bits per heavy atom. The number of piperazine rings is 1. The molecule has 0 saturated carbocycles. The number of benzene rings is 3.